The maximum Gasteiger partial charge on any atom is 0.138 e. The van der Waals surface area contributed by atoms with Crippen LogP contribution in [0.5, 0.6) is 5.75 Å². The number of benzene rings is 1. The highest BCUT2D eigenvalue weighted by atomic mass is 35.5. The Balaban J connectivity index is 0.00000128. The molecule has 0 aliphatic heterocycles. The highest BCUT2D eigenvalue weighted by Gasteiger charge is 2.39. The van der Waals surface area contributed by atoms with Gasteiger partial charge in [0, 0.05) is 0 Å². The molecule has 0 aromatic heterocycles. The van der Waals surface area contributed by atoms with E-state index < -0.39 is 0 Å². The summed E-state index contributed by atoms with van der Waals surface area (Å²) in [6.45, 7) is 4.65. The highest BCUT2D eigenvalue weighted by molar-refractivity contribution is 6.32. The molecule has 1 fully saturated rings. The van der Waals surface area contributed by atoms with Crippen LogP contribution in [-0.2, 0) is 0 Å². The van der Waals surface area contributed by atoms with Crippen molar-refractivity contribution in [1.82, 2.24) is 0 Å². The van der Waals surface area contributed by atoms with Crippen LogP contribution in [-0.4, -0.2) is 12.1 Å². The SMILES string of the molecule is Cc1cc(Cl)c(OCC2(N)CC2)cc1C.Cl. The minimum atomic E-state index is -0.0951. The lowest BCUT2D eigenvalue weighted by atomic mass is 10.1. The topological polar surface area (TPSA) is 35.2 Å². The molecule has 0 radical (unpaired) electrons. The highest BCUT2D eigenvalue weighted by Crippen LogP contribution is 2.34. The van der Waals surface area contributed by atoms with E-state index in [0.29, 0.717) is 11.6 Å². The monoisotopic (exact) mass is 261 g/mol. The van der Waals surface area contributed by atoms with Crippen LogP contribution in [0.1, 0.15) is 24.0 Å². The largest absolute Gasteiger partial charge is 0.490 e. The van der Waals surface area contributed by atoms with E-state index in [9.17, 15) is 0 Å². The zero-order valence-corrected chi connectivity index (χ0v) is 11.1. The van der Waals surface area contributed by atoms with Gasteiger partial charge in [0.1, 0.15) is 12.4 Å². The molecule has 0 saturated heterocycles. The molecule has 0 unspecified atom stereocenters. The van der Waals surface area contributed by atoms with Gasteiger partial charge in [0.15, 0.2) is 0 Å². The second-order valence-corrected chi connectivity index (χ2v) is 4.93. The van der Waals surface area contributed by atoms with Gasteiger partial charge >= 0.3 is 0 Å². The first kappa shape index (κ1) is 13.6. The first-order valence-electron chi connectivity index (χ1n) is 5.19. The zero-order valence-electron chi connectivity index (χ0n) is 9.55. The molecule has 0 bridgehead atoms. The van der Waals surface area contributed by atoms with E-state index in [4.69, 9.17) is 22.1 Å². The second-order valence-electron chi connectivity index (χ2n) is 4.52. The van der Waals surface area contributed by atoms with Gasteiger partial charge in [0.2, 0.25) is 0 Å². The summed E-state index contributed by atoms with van der Waals surface area (Å²) in [5.41, 5.74) is 8.22. The van der Waals surface area contributed by atoms with Crippen LogP contribution in [0.3, 0.4) is 0 Å². The zero-order chi connectivity index (χ0) is 11.1. The fourth-order valence-electron chi connectivity index (χ4n) is 1.39. The molecule has 0 spiro atoms. The van der Waals surface area contributed by atoms with E-state index in [2.05, 4.69) is 0 Å². The Morgan fingerprint density at radius 3 is 2.44 bits per heavy atom. The van der Waals surface area contributed by atoms with Gasteiger partial charge in [-0.2, -0.15) is 0 Å². The summed E-state index contributed by atoms with van der Waals surface area (Å²) in [6.07, 6.45) is 2.10. The standard InChI is InChI=1S/C12H16ClNO.ClH/c1-8-5-10(13)11(6-9(8)2)15-7-12(14)3-4-12;/h5-6H,3-4,7,14H2,1-2H3;1H. The van der Waals surface area contributed by atoms with E-state index in [1.54, 1.807) is 0 Å². The minimum absolute atomic E-state index is 0. The number of hydrogen-bond acceptors (Lipinski definition) is 2. The first-order chi connectivity index (χ1) is 7.00. The molecule has 0 amide bonds. The van der Waals surface area contributed by atoms with Crippen LogP contribution < -0.4 is 10.5 Å². The number of hydrogen-bond donors (Lipinski definition) is 1. The summed E-state index contributed by atoms with van der Waals surface area (Å²) in [4.78, 5) is 0. The summed E-state index contributed by atoms with van der Waals surface area (Å²) < 4.78 is 5.64. The molecule has 2 N–H and O–H groups in total. The Kier molecular flexibility index (Phi) is 4.11. The third kappa shape index (κ3) is 3.03. The van der Waals surface area contributed by atoms with Gasteiger partial charge < -0.3 is 10.5 Å². The maximum absolute atomic E-state index is 6.08. The van der Waals surface area contributed by atoms with E-state index in [1.165, 1.54) is 11.1 Å². The Labute approximate surface area is 108 Å². The van der Waals surface area contributed by atoms with Gasteiger partial charge in [0.05, 0.1) is 10.6 Å². The van der Waals surface area contributed by atoms with Crippen LogP contribution in [0.2, 0.25) is 5.02 Å². The molecule has 1 aromatic carbocycles. The van der Waals surface area contributed by atoms with Crippen LogP contribution in [0, 0.1) is 13.8 Å². The summed E-state index contributed by atoms with van der Waals surface area (Å²) in [6, 6.07) is 3.91. The van der Waals surface area contributed by atoms with Crippen molar-refractivity contribution in [3.05, 3.63) is 28.3 Å². The molecule has 0 heterocycles. The van der Waals surface area contributed by atoms with E-state index in [-0.39, 0.29) is 17.9 Å². The normalized spacial score (nSPS) is 16.5. The fourth-order valence-corrected chi connectivity index (χ4v) is 1.66. The Hall–Kier alpha value is -0.440. The first-order valence-corrected chi connectivity index (χ1v) is 5.56. The Bertz CT molecular complexity index is 389. The molecule has 16 heavy (non-hydrogen) atoms. The number of halogens is 2. The Morgan fingerprint density at radius 1 is 1.31 bits per heavy atom. The molecule has 2 rings (SSSR count). The Morgan fingerprint density at radius 2 is 1.88 bits per heavy atom. The predicted octanol–water partition coefficient (Wildman–Crippen LogP) is 3.25. The van der Waals surface area contributed by atoms with Crippen LogP contribution in [0.4, 0.5) is 0 Å². The number of aryl methyl sites for hydroxylation is 2. The van der Waals surface area contributed by atoms with Gasteiger partial charge in [-0.05, 0) is 49.9 Å². The summed E-state index contributed by atoms with van der Waals surface area (Å²) >= 11 is 6.08. The smallest absolute Gasteiger partial charge is 0.138 e. The number of rotatable bonds is 3. The molecule has 1 saturated carbocycles. The molecular weight excluding hydrogens is 245 g/mol. The van der Waals surface area contributed by atoms with Crippen molar-refractivity contribution in [2.24, 2.45) is 5.73 Å². The third-order valence-electron chi connectivity index (χ3n) is 2.96. The fraction of sp³-hybridized carbons (Fsp3) is 0.500. The van der Waals surface area contributed by atoms with Crippen LogP contribution >= 0.6 is 24.0 Å². The average molecular weight is 262 g/mol. The lowest BCUT2D eigenvalue weighted by Crippen LogP contribution is -2.29. The molecule has 0 atom stereocenters. The lowest BCUT2D eigenvalue weighted by Gasteiger charge is -2.13. The number of nitrogens with two attached hydrogens (primary N) is 1. The van der Waals surface area contributed by atoms with Crippen molar-refractivity contribution >= 4 is 24.0 Å². The van der Waals surface area contributed by atoms with Gasteiger partial charge in [-0.3, -0.25) is 0 Å². The van der Waals surface area contributed by atoms with Crippen LogP contribution in [0.25, 0.3) is 0 Å². The van der Waals surface area contributed by atoms with Crippen molar-refractivity contribution in [2.75, 3.05) is 6.61 Å². The summed E-state index contributed by atoms with van der Waals surface area (Å²) in [5, 5.41) is 0.669. The van der Waals surface area contributed by atoms with E-state index in [0.717, 1.165) is 18.6 Å². The molecule has 90 valence electrons. The van der Waals surface area contributed by atoms with Crippen molar-refractivity contribution in [3.63, 3.8) is 0 Å². The third-order valence-corrected chi connectivity index (χ3v) is 3.25. The van der Waals surface area contributed by atoms with Gasteiger partial charge in [-0.1, -0.05) is 11.6 Å². The molecule has 1 aliphatic rings. The summed E-state index contributed by atoms with van der Waals surface area (Å²) in [7, 11) is 0. The lowest BCUT2D eigenvalue weighted by molar-refractivity contribution is 0.279. The maximum atomic E-state index is 6.08. The van der Waals surface area contributed by atoms with Gasteiger partial charge in [-0.25, -0.2) is 0 Å². The van der Waals surface area contributed by atoms with Gasteiger partial charge in [0.25, 0.3) is 0 Å². The van der Waals surface area contributed by atoms with Crippen molar-refractivity contribution in [3.8, 4) is 5.75 Å². The number of ether oxygens (including phenoxy) is 1. The second kappa shape index (κ2) is 4.82. The van der Waals surface area contributed by atoms with Gasteiger partial charge in [-0.15, -0.1) is 12.4 Å². The molecule has 1 aromatic rings. The molecule has 2 nitrogen and oxygen atoms in total. The van der Waals surface area contributed by atoms with Crippen molar-refractivity contribution in [2.45, 2.75) is 32.2 Å². The molecule has 4 heteroatoms. The average Bonchev–Trinajstić information content (AvgIpc) is 2.89. The van der Waals surface area contributed by atoms with Crippen molar-refractivity contribution < 1.29 is 4.74 Å². The minimum Gasteiger partial charge on any atom is -0.490 e. The van der Waals surface area contributed by atoms with Crippen molar-refractivity contribution in [1.29, 1.82) is 0 Å². The predicted molar refractivity (Wildman–Crippen MR) is 69.8 cm³/mol. The molecule has 1 aliphatic carbocycles. The molecular formula is C12H17Cl2NO. The van der Waals surface area contributed by atoms with E-state index >= 15 is 0 Å². The van der Waals surface area contributed by atoms with Crippen LogP contribution in [0.15, 0.2) is 12.1 Å². The summed E-state index contributed by atoms with van der Waals surface area (Å²) in [5.74, 6) is 0.747. The van der Waals surface area contributed by atoms with E-state index in [1.807, 2.05) is 26.0 Å². The quantitative estimate of drug-likeness (QED) is 0.907.